The van der Waals surface area contributed by atoms with E-state index in [4.69, 9.17) is 13.8 Å². The van der Waals surface area contributed by atoms with Gasteiger partial charge in [-0.25, -0.2) is 4.79 Å². The SMILES string of the molecule is COP(=O)(/C=C/[C@@H]1CN(C(c2ccccc2)(c2ccccc2)c2ccccc2)C[C@H](n2ccc(=O)[nH]c2=O)O1)OC. The second-order valence-electron chi connectivity index (χ2n) is 9.61. The number of rotatable bonds is 9. The third-order valence-corrected chi connectivity index (χ3v) is 8.87. The van der Waals surface area contributed by atoms with Crippen LogP contribution in [-0.2, 0) is 23.9 Å². The summed E-state index contributed by atoms with van der Waals surface area (Å²) in [7, 11) is -0.853. The number of nitrogens with zero attached hydrogens (tertiary/aromatic N) is 2. The van der Waals surface area contributed by atoms with Crippen LogP contribution >= 0.6 is 7.60 Å². The molecule has 0 aliphatic carbocycles. The van der Waals surface area contributed by atoms with Crippen LogP contribution in [0.2, 0.25) is 0 Å². The van der Waals surface area contributed by atoms with Gasteiger partial charge in [0.2, 0.25) is 0 Å². The minimum absolute atomic E-state index is 0.293. The maximum Gasteiger partial charge on any atom is 0.353 e. The Morgan fingerprint density at radius 2 is 1.34 bits per heavy atom. The zero-order valence-corrected chi connectivity index (χ0v) is 23.7. The van der Waals surface area contributed by atoms with Crippen molar-refractivity contribution in [3.63, 3.8) is 0 Å². The number of H-pyrrole nitrogens is 1. The predicted octanol–water partition coefficient (Wildman–Crippen LogP) is 4.73. The van der Waals surface area contributed by atoms with Gasteiger partial charge in [0, 0.05) is 45.4 Å². The molecule has 1 fully saturated rings. The zero-order chi connectivity index (χ0) is 28.9. The summed E-state index contributed by atoms with van der Waals surface area (Å²) in [5.74, 6) is 1.38. The van der Waals surface area contributed by atoms with E-state index in [0.29, 0.717) is 13.1 Å². The lowest BCUT2D eigenvalue weighted by atomic mass is 9.75. The first-order valence-corrected chi connectivity index (χ1v) is 14.8. The zero-order valence-electron chi connectivity index (χ0n) is 22.8. The third-order valence-electron chi connectivity index (χ3n) is 7.31. The van der Waals surface area contributed by atoms with E-state index in [0.717, 1.165) is 16.7 Å². The molecule has 0 radical (unpaired) electrons. The molecule has 1 aromatic heterocycles. The van der Waals surface area contributed by atoms with Gasteiger partial charge in [0.05, 0.1) is 11.6 Å². The van der Waals surface area contributed by atoms with Crippen molar-refractivity contribution < 1.29 is 18.3 Å². The van der Waals surface area contributed by atoms with Crippen molar-refractivity contribution in [2.45, 2.75) is 17.9 Å². The molecule has 41 heavy (non-hydrogen) atoms. The summed E-state index contributed by atoms with van der Waals surface area (Å²) in [5, 5.41) is 0. The van der Waals surface area contributed by atoms with Gasteiger partial charge in [-0.15, -0.1) is 0 Å². The highest BCUT2D eigenvalue weighted by molar-refractivity contribution is 7.57. The van der Waals surface area contributed by atoms with Gasteiger partial charge in [-0.05, 0) is 22.8 Å². The minimum Gasteiger partial charge on any atom is -0.348 e. The summed E-state index contributed by atoms with van der Waals surface area (Å²) in [6.07, 6.45) is 1.67. The first kappa shape index (κ1) is 28.7. The van der Waals surface area contributed by atoms with E-state index < -0.39 is 36.7 Å². The minimum atomic E-state index is -3.49. The molecule has 1 saturated heterocycles. The van der Waals surface area contributed by atoms with Crippen molar-refractivity contribution in [2.24, 2.45) is 0 Å². The Bertz CT molecular complexity index is 1530. The smallest absolute Gasteiger partial charge is 0.348 e. The number of hydrogen-bond donors (Lipinski definition) is 1. The summed E-state index contributed by atoms with van der Waals surface area (Å²) < 4.78 is 30.9. The highest BCUT2D eigenvalue weighted by atomic mass is 31.2. The maximum atomic E-state index is 12.9. The first-order valence-electron chi connectivity index (χ1n) is 13.2. The van der Waals surface area contributed by atoms with Gasteiger partial charge in [-0.2, -0.15) is 0 Å². The molecule has 4 aromatic rings. The van der Waals surface area contributed by atoms with Crippen molar-refractivity contribution in [1.82, 2.24) is 14.5 Å². The van der Waals surface area contributed by atoms with Crippen LogP contribution in [-0.4, -0.2) is 47.9 Å². The lowest BCUT2D eigenvalue weighted by Gasteiger charge is -2.50. The van der Waals surface area contributed by atoms with Crippen molar-refractivity contribution in [1.29, 1.82) is 0 Å². The molecule has 0 spiro atoms. The average molecular weight is 574 g/mol. The molecule has 1 N–H and O–H groups in total. The molecule has 1 aliphatic heterocycles. The van der Waals surface area contributed by atoms with Gasteiger partial charge < -0.3 is 13.8 Å². The Hall–Kier alpha value is -3.85. The van der Waals surface area contributed by atoms with Crippen molar-refractivity contribution in [2.75, 3.05) is 27.3 Å². The largest absolute Gasteiger partial charge is 0.353 e. The van der Waals surface area contributed by atoms with E-state index in [-0.39, 0.29) is 0 Å². The third kappa shape index (κ3) is 5.81. The van der Waals surface area contributed by atoms with E-state index in [1.165, 1.54) is 36.9 Å². The van der Waals surface area contributed by atoms with Crippen molar-refractivity contribution in [3.05, 3.63) is 153 Å². The molecule has 2 atom stereocenters. The van der Waals surface area contributed by atoms with Gasteiger partial charge in [0.25, 0.3) is 5.56 Å². The molecule has 2 heterocycles. The Kier molecular flexibility index (Phi) is 8.63. The van der Waals surface area contributed by atoms with E-state index in [2.05, 4.69) is 46.3 Å². The monoisotopic (exact) mass is 573 g/mol. The highest BCUT2D eigenvalue weighted by Crippen LogP contribution is 2.49. The lowest BCUT2D eigenvalue weighted by Crippen LogP contribution is -2.57. The molecule has 0 saturated carbocycles. The summed E-state index contributed by atoms with van der Waals surface area (Å²) in [6, 6.07) is 31.8. The second-order valence-corrected chi connectivity index (χ2v) is 11.7. The van der Waals surface area contributed by atoms with Gasteiger partial charge in [0.15, 0.2) is 6.23 Å². The number of hydrogen-bond acceptors (Lipinski definition) is 7. The van der Waals surface area contributed by atoms with Crippen molar-refractivity contribution in [3.8, 4) is 0 Å². The Morgan fingerprint density at radius 3 is 1.80 bits per heavy atom. The lowest BCUT2D eigenvalue weighted by molar-refractivity contribution is -0.121. The molecule has 0 unspecified atom stereocenters. The van der Waals surface area contributed by atoms with E-state index >= 15 is 0 Å². The van der Waals surface area contributed by atoms with Crippen LogP contribution in [0.5, 0.6) is 0 Å². The van der Waals surface area contributed by atoms with Crippen LogP contribution in [0, 0.1) is 0 Å². The van der Waals surface area contributed by atoms with E-state index in [9.17, 15) is 14.2 Å². The molecular formula is C31H32N3O6P. The fourth-order valence-electron chi connectivity index (χ4n) is 5.44. The topological polar surface area (TPSA) is 103 Å². The molecule has 1 aliphatic rings. The van der Waals surface area contributed by atoms with Crippen LogP contribution in [0.25, 0.3) is 0 Å². The van der Waals surface area contributed by atoms with Crippen molar-refractivity contribution >= 4 is 7.60 Å². The highest BCUT2D eigenvalue weighted by Gasteiger charge is 2.46. The van der Waals surface area contributed by atoms with E-state index in [1.54, 1.807) is 6.08 Å². The van der Waals surface area contributed by atoms with Crippen LogP contribution in [0.3, 0.4) is 0 Å². The second kappa shape index (κ2) is 12.3. The number of aromatic nitrogens is 2. The Labute approximate surface area is 238 Å². The number of ether oxygens (including phenoxy) is 1. The summed E-state index contributed by atoms with van der Waals surface area (Å²) >= 11 is 0. The molecule has 3 aromatic carbocycles. The molecule has 0 amide bonds. The van der Waals surface area contributed by atoms with E-state index in [1.807, 2.05) is 54.6 Å². The van der Waals surface area contributed by atoms with Gasteiger partial charge in [0.1, 0.15) is 0 Å². The Morgan fingerprint density at radius 1 is 0.829 bits per heavy atom. The summed E-state index contributed by atoms with van der Waals surface area (Å²) in [6.45, 7) is 0.665. The number of aromatic amines is 1. The van der Waals surface area contributed by atoms with Gasteiger partial charge in [-0.3, -0.25) is 23.8 Å². The first-order chi connectivity index (χ1) is 19.9. The maximum absolute atomic E-state index is 12.9. The fraction of sp³-hybridized carbons (Fsp3) is 0.226. The molecule has 10 heteroatoms. The standard InChI is InChI=1S/C31H32N3O6P/c1-38-41(37,39-2)21-19-27-22-33(23-29(40-27)34-20-18-28(35)32-30(34)36)31(24-12-6-3-7-13-24,25-14-8-4-9-15-25)26-16-10-5-11-17-26/h3-21,27,29H,22-23H2,1-2H3,(H,32,35,36)/b21-19+/t27-,29-/m1/s1. The summed E-state index contributed by atoms with van der Waals surface area (Å²) in [4.78, 5) is 29.4. The number of benzene rings is 3. The normalized spacial score (nSPS) is 18.5. The number of morpholine rings is 1. The van der Waals surface area contributed by atoms with Crippen LogP contribution in [0.1, 0.15) is 22.9 Å². The predicted molar refractivity (Wildman–Crippen MR) is 157 cm³/mol. The fourth-order valence-corrected chi connectivity index (χ4v) is 6.23. The quantitative estimate of drug-likeness (QED) is 0.228. The Balaban J connectivity index is 1.73. The van der Waals surface area contributed by atoms with Gasteiger partial charge >= 0.3 is 13.3 Å². The number of nitrogens with one attached hydrogen (secondary N) is 1. The molecule has 0 bridgehead atoms. The molecule has 5 rings (SSSR count). The molecule has 9 nitrogen and oxygen atoms in total. The molecular weight excluding hydrogens is 541 g/mol. The summed E-state index contributed by atoms with van der Waals surface area (Å²) in [5.41, 5.74) is 1.19. The van der Waals surface area contributed by atoms with Crippen LogP contribution < -0.4 is 11.2 Å². The average Bonchev–Trinajstić information content (AvgIpc) is 3.02. The van der Waals surface area contributed by atoms with Crippen LogP contribution in [0.4, 0.5) is 0 Å². The van der Waals surface area contributed by atoms with Crippen LogP contribution in [0.15, 0.2) is 125 Å². The van der Waals surface area contributed by atoms with Gasteiger partial charge in [-0.1, -0.05) is 91.0 Å². The molecule has 212 valence electrons.